The molecule has 4 aliphatic heterocycles. The third-order valence-electron chi connectivity index (χ3n) is 8.34. The van der Waals surface area contributed by atoms with Crippen molar-refractivity contribution in [2.24, 2.45) is 10.8 Å². The number of amides is 1. The average molecular weight is 573 g/mol. The summed E-state index contributed by atoms with van der Waals surface area (Å²) in [5.41, 5.74) is -0.504. The molecular formula is C28H32N2O11. The number of aliphatic hydroxyl groups is 1. The van der Waals surface area contributed by atoms with Gasteiger partial charge in [-0.25, -0.2) is 9.59 Å². The van der Waals surface area contributed by atoms with Crippen molar-refractivity contribution in [3.63, 3.8) is 0 Å². The molecule has 13 heteroatoms. The molecular weight excluding hydrogens is 540 g/mol. The maximum atomic E-state index is 13.6. The largest absolute Gasteiger partial charge is 0.462 e. The van der Waals surface area contributed by atoms with Crippen LogP contribution in [0.4, 0.5) is 0 Å². The highest BCUT2D eigenvalue weighted by Crippen LogP contribution is 2.55. The molecule has 1 amide bonds. The molecule has 1 saturated carbocycles. The highest BCUT2D eigenvalue weighted by molar-refractivity contribution is 5.93. The summed E-state index contributed by atoms with van der Waals surface area (Å²) in [5, 5.41) is 13.5. The first-order chi connectivity index (χ1) is 19.6. The molecule has 7 atom stereocenters. The Balaban J connectivity index is 1.21. The number of hydrogen-bond acceptors (Lipinski definition) is 12. The molecule has 41 heavy (non-hydrogen) atoms. The third kappa shape index (κ3) is 4.71. The second-order valence-electron chi connectivity index (χ2n) is 11.6. The van der Waals surface area contributed by atoms with E-state index in [4.69, 9.17) is 28.5 Å². The Kier molecular flexibility index (Phi) is 7.10. The van der Waals surface area contributed by atoms with E-state index in [0.717, 1.165) is 5.56 Å². The van der Waals surface area contributed by atoms with Gasteiger partial charge in [0, 0.05) is 24.5 Å². The smallest absolute Gasteiger partial charge is 0.348 e. The standard InChI is InChI=1S/C28H32N2O11/c1-27(2)13-36-25(34)23(27)40-18(32)7-6-15-4-3-5-16(10-15)12-30-21-24(33)39-17-11-28(21,26(35)29-8-9-31)22(41-30)20-19(17)37-14-38-20/h3-7,10,17,19-23,31H,8-9,11-14H2,1-2H3,(H,29,35)/t17-,19+,20+,21+,22-,23+,28+/m1/s1. The maximum absolute atomic E-state index is 13.6. The minimum Gasteiger partial charge on any atom is -0.462 e. The monoisotopic (exact) mass is 572 g/mol. The Morgan fingerprint density at radius 2 is 2.00 bits per heavy atom. The number of nitrogens with zero attached hydrogens (tertiary/aromatic N) is 1. The fourth-order valence-corrected chi connectivity index (χ4v) is 6.40. The zero-order valence-corrected chi connectivity index (χ0v) is 22.6. The predicted octanol–water partition coefficient (Wildman–Crippen LogP) is -0.155. The van der Waals surface area contributed by atoms with Crippen LogP contribution in [-0.4, -0.2) is 97.1 Å². The van der Waals surface area contributed by atoms with Gasteiger partial charge in [0.05, 0.1) is 13.2 Å². The molecule has 0 radical (unpaired) electrons. The minimum absolute atomic E-state index is 0.00150. The van der Waals surface area contributed by atoms with Gasteiger partial charge in [-0.15, -0.1) is 0 Å². The summed E-state index contributed by atoms with van der Waals surface area (Å²) in [5.74, 6) is -2.25. The van der Waals surface area contributed by atoms with Gasteiger partial charge in [-0.1, -0.05) is 38.1 Å². The zero-order valence-electron chi connectivity index (χ0n) is 22.6. The van der Waals surface area contributed by atoms with E-state index in [9.17, 15) is 24.3 Å². The van der Waals surface area contributed by atoms with Crippen LogP contribution in [0.25, 0.3) is 6.08 Å². The van der Waals surface area contributed by atoms with Crippen molar-refractivity contribution in [3.8, 4) is 0 Å². The lowest BCUT2D eigenvalue weighted by atomic mass is 9.62. The van der Waals surface area contributed by atoms with Crippen LogP contribution in [0, 0.1) is 10.8 Å². The summed E-state index contributed by atoms with van der Waals surface area (Å²) in [6, 6.07) is 6.14. The van der Waals surface area contributed by atoms with Crippen molar-refractivity contribution in [2.75, 3.05) is 26.6 Å². The van der Waals surface area contributed by atoms with Crippen LogP contribution in [0.5, 0.6) is 0 Å². The van der Waals surface area contributed by atoms with Gasteiger partial charge in [0.25, 0.3) is 0 Å². The number of nitrogens with one attached hydrogen (secondary N) is 1. The molecule has 1 aliphatic carbocycles. The number of hydroxylamine groups is 2. The van der Waals surface area contributed by atoms with Crippen molar-refractivity contribution in [3.05, 3.63) is 41.5 Å². The van der Waals surface area contributed by atoms with E-state index in [1.807, 2.05) is 6.07 Å². The van der Waals surface area contributed by atoms with Gasteiger partial charge in [-0.3, -0.25) is 14.4 Å². The van der Waals surface area contributed by atoms with Gasteiger partial charge in [0.15, 0.2) is 6.04 Å². The maximum Gasteiger partial charge on any atom is 0.348 e. The van der Waals surface area contributed by atoms with Crippen LogP contribution in [-0.2, 0) is 54.2 Å². The summed E-state index contributed by atoms with van der Waals surface area (Å²) in [4.78, 5) is 57.5. The van der Waals surface area contributed by atoms with Gasteiger partial charge < -0.3 is 34.1 Å². The van der Waals surface area contributed by atoms with Gasteiger partial charge in [0.2, 0.25) is 12.0 Å². The fourth-order valence-electron chi connectivity index (χ4n) is 6.40. The summed E-state index contributed by atoms with van der Waals surface area (Å²) in [6.45, 7) is 3.65. The summed E-state index contributed by atoms with van der Waals surface area (Å²) < 4.78 is 27.6. The SMILES string of the molecule is CC1(C)COC(=O)[C@@H]1OC(=O)C=Cc1cccc(CN2O[C@@H]3[C@H]4OCO[C@H]4[C@H]4C[C@]3(C(=O)NCCO)[C@@H]2C(=O)O4)c1. The van der Waals surface area contributed by atoms with E-state index >= 15 is 0 Å². The molecule has 0 aromatic heterocycles. The molecule has 5 fully saturated rings. The number of benzene rings is 1. The quantitative estimate of drug-likeness (QED) is 0.241. The van der Waals surface area contributed by atoms with Crippen molar-refractivity contribution in [1.29, 1.82) is 0 Å². The van der Waals surface area contributed by atoms with E-state index in [1.165, 1.54) is 11.1 Å². The Labute approximate surface area is 235 Å². The van der Waals surface area contributed by atoms with E-state index < -0.39 is 71.2 Å². The molecule has 0 unspecified atom stereocenters. The number of carbonyl (C=O) groups is 4. The lowest BCUT2D eigenvalue weighted by Gasteiger charge is -2.48. The topological polar surface area (TPSA) is 159 Å². The van der Waals surface area contributed by atoms with E-state index in [2.05, 4.69) is 5.32 Å². The third-order valence-corrected chi connectivity index (χ3v) is 8.34. The highest BCUT2D eigenvalue weighted by Gasteiger charge is 2.74. The number of aliphatic hydroxyl groups excluding tert-OH is 1. The number of carbonyl (C=O) groups excluding carboxylic acids is 4. The van der Waals surface area contributed by atoms with Gasteiger partial charge in [0.1, 0.15) is 43.2 Å². The molecule has 5 aliphatic rings. The average Bonchev–Trinajstić information content (AvgIpc) is 3.63. The minimum atomic E-state index is -1.29. The predicted molar refractivity (Wildman–Crippen MR) is 136 cm³/mol. The second-order valence-corrected chi connectivity index (χ2v) is 11.6. The van der Waals surface area contributed by atoms with Gasteiger partial charge in [-0.05, 0) is 17.2 Å². The number of fused-ring (bicyclic) bond motifs is 4. The molecule has 4 heterocycles. The van der Waals surface area contributed by atoms with Gasteiger partial charge in [-0.2, -0.15) is 5.06 Å². The van der Waals surface area contributed by atoms with E-state index in [-0.39, 0.29) is 39.5 Å². The summed E-state index contributed by atoms with van der Waals surface area (Å²) in [6.07, 6.45) is -0.608. The number of rotatable bonds is 8. The Morgan fingerprint density at radius 3 is 2.76 bits per heavy atom. The first kappa shape index (κ1) is 27.8. The van der Waals surface area contributed by atoms with Crippen molar-refractivity contribution >= 4 is 29.9 Å². The first-order valence-electron chi connectivity index (χ1n) is 13.5. The molecule has 13 nitrogen and oxygen atoms in total. The molecule has 1 aromatic carbocycles. The lowest BCUT2D eigenvalue weighted by molar-refractivity contribution is -0.201. The van der Waals surface area contributed by atoms with E-state index in [1.54, 1.807) is 38.1 Å². The Morgan fingerprint density at radius 1 is 1.20 bits per heavy atom. The molecule has 6 rings (SSSR count). The Hall–Kier alpha value is -3.36. The van der Waals surface area contributed by atoms with Gasteiger partial charge >= 0.3 is 17.9 Å². The van der Waals surface area contributed by atoms with Crippen LogP contribution < -0.4 is 5.32 Å². The number of cyclic esters (lactones) is 1. The number of hydrogen-bond donors (Lipinski definition) is 2. The molecule has 1 aromatic rings. The lowest BCUT2D eigenvalue weighted by Crippen LogP contribution is -2.69. The second kappa shape index (κ2) is 10.5. The highest BCUT2D eigenvalue weighted by atomic mass is 16.8. The number of ether oxygens (including phenoxy) is 5. The van der Waals surface area contributed by atoms with E-state index in [0.29, 0.717) is 5.56 Å². The van der Waals surface area contributed by atoms with Crippen LogP contribution in [0.3, 0.4) is 0 Å². The first-order valence-corrected chi connectivity index (χ1v) is 13.5. The normalized spacial score (nSPS) is 35.2. The van der Waals surface area contributed by atoms with Crippen molar-refractivity contribution in [1.82, 2.24) is 10.4 Å². The summed E-state index contributed by atoms with van der Waals surface area (Å²) >= 11 is 0. The fraction of sp³-hybridized carbons (Fsp3) is 0.571. The van der Waals surface area contributed by atoms with Crippen molar-refractivity contribution < 1.29 is 52.8 Å². The van der Waals surface area contributed by atoms with Crippen LogP contribution in [0.2, 0.25) is 0 Å². The van der Waals surface area contributed by atoms with Crippen LogP contribution >= 0.6 is 0 Å². The Bertz CT molecular complexity index is 1280. The molecule has 220 valence electrons. The van der Waals surface area contributed by atoms with Crippen molar-refractivity contribution in [2.45, 2.75) is 63.4 Å². The molecule has 2 N–H and O–H groups in total. The zero-order chi connectivity index (χ0) is 28.9. The molecule has 2 bridgehead atoms. The van der Waals surface area contributed by atoms with Crippen LogP contribution in [0.1, 0.15) is 31.4 Å². The molecule has 4 saturated heterocycles. The number of esters is 3. The van der Waals surface area contributed by atoms with Crippen LogP contribution in [0.15, 0.2) is 30.3 Å². The molecule has 0 spiro atoms. The summed E-state index contributed by atoms with van der Waals surface area (Å²) in [7, 11) is 0.